The summed E-state index contributed by atoms with van der Waals surface area (Å²) in [6, 6.07) is 13.6. The first-order valence-corrected chi connectivity index (χ1v) is 8.53. The van der Waals surface area contributed by atoms with Gasteiger partial charge in [0.05, 0.1) is 5.69 Å². The van der Waals surface area contributed by atoms with Crippen molar-refractivity contribution in [1.82, 2.24) is 5.32 Å². The van der Waals surface area contributed by atoms with Crippen LogP contribution >= 0.6 is 0 Å². The Kier molecular flexibility index (Phi) is 7.27. The zero-order chi connectivity index (χ0) is 20.5. The average molecular weight is 383 g/mol. The molecule has 2 aromatic rings. The molecule has 8 heteroatoms. The topological polar surface area (TPSA) is 128 Å². The molecule has 0 aliphatic heterocycles. The molecule has 146 valence electrons. The molecule has 28 heavy (non-hydrogen) atoms. The molecular formula is C20H21N3O5. The van der Waals surface area contributed by atoms with Crippen LogP contribution in [0.3, 0.4) is 0 Å². The normalized spacial score (nSPS) is 11.2. The van der Waals surface area contributed by atoms with Crippen LogP contribution in [0.1, 0.15) is 22.8 Å². The third-order valence-electron chi connectivity index (χ3n) is 3.81. The summed E-state index contributed by atoms with van der Waals surface area (Å²) in [5.74, 6) is -1.61. The van der Waals surface area contributed by atoms with Crippen molar-refractivity contribution in [1.29, 1.82) is 0 Å². The molecule has 4 N–H and O–H groups in total. The van der Waals surface area contributed by atoms with Gasteiger partial charge < -0.3 is 21.1 Å². The predicted octanol–water partition coefficient (Wildman–Crippen LogP) is 1.65. The van der Waals surface area contributed by atoms with Gasteiger partial charge in [-0.05, 0) is 24.6 Å². The van der Waals surface area contributed by atoms with E-state index in [1.165, 1.54) is 6.92 Å². The van der Waals surface area contributed by atoms with E-state index in [1.807, 2.05) is 6.07 Å². The van der Waals surface area contributed by atoms with Crippen LogP contribution in [0, 0.1) is 0 Å². The number of ether oxygens (including phenoxy) is 1. The summed E-state index contributed by atoms with van der Waals surface area (Å²) < 4.78 is 5.01. The molecule has 2 aromatic carbocycles. The number of rotatable bonds is 8. The SMILES string of the molecule is CC(=O)c1ccccc1NC(=O)COC(=O)[C@H](Cc1ccccc1)NC(N)=O. The third-order valence-corrected chi connectivity index (χ3v) is 3.81. The van der Waals surface area contributed by atoms with Gasteiger partial charge in [0.25, 0.3) is 5.91 Å². The minimum absolute atomic E-state index is 0.164. The summed E-state index contributed by atoms with van der Waals surface area (Å²) in [4.78, 5) is 47.1. The quantitative estimate of drug-likeness (QED) is 0.472. The van der Waals surface area contributed by atoms with Crippen LogP contribution in [-0.2, 0) is 20.7 Å². The van der Waals surface area contributed by atoms with Gasteiger partial charge in [0, 0.05) is 12.0 Å². The van der Waals surface area contributed by atoms with E-state index in [9.17, 15) is 19.2 Å². The van der Waals surface area contributed by atoms with E-state index in [4.69, 9.17) is 10.5 Å². The van der Waals surface area contributed by atoms with Crippen molar-refractivity contribution < 1.29 is 23.9 Å². The van der Waals surface area contributed by atoms with Crippen molar-refractivity contribution in [2.24, 2.45) is 5.73 Å². The van der Waals surface area contributed by atoms with Gasteiger partial charge in [0.2, 0.25) is 0 Å². The van der Waals surface area contributed by atoms with Crippen LogP contribution < -0.4 is 16.4 Å². The number of para-hydroxylation sites is 1. The first-order valence-electron chi connectivity index (χ1n) is 8.53. The van der Waals surface area contributed by atoms with E-state index in [0.717, 1.165) is 5.56 Å². The molecule has 0 aromatic heterocycles. The zero-order valence-electron chi connectivity index (χ0n) is 15.3. The Morgan fingerprint density at radius 3 is 2.29 bits per heavy atom. The smallest absolute Gasteiger partial charge is 0.329 e. The number of hydrogen-bond donors (Lipinski definition) is 3. The fraction of sp³-hybridized carbons (Fsp3) is 0.200. The van der Waals surface area contributed by atoms with Crippen LogP contribution in [0.4, 0.5) is 10.5 Å². The molecule has 0 spiro atoms. The fourth-order valence-electron chi connectivity index (χ4n) is 2.54. The summed E-state index contributed by atoms with van der Waals surface area (Å²) in [5, 5.41) is 4.84. The number of esters is 1. The maximum Gasteiger partial charge on any atom is 0.329 e. The van der Waals surface area contributed by atoms with Crippen molar-refractivity contribution in [3.05, 3.63) is 65.7 Å². The second kappa shape index (κ2) is 9.86. The highest BCUT2D eigenvalue weighted by atomic mass is 16.5. The molecule has 0 saturated heterocycles. The number of carbonyl (C=O) groups excluding carboxylic acids is 4. The molecule has 0 unspecified atom stereocenters. The fourth-order valence-corrected chi connectivity index (χ4v) is 2.54. The van der Waals surface area contributed by atoms with Crippen molar-refractivity contribution in [2.45, 2.75) is 19.4 Å². The molecule has 0 bridgehead atoms. The van der Waals surface area contributed by atoms with Crippen LogP contribution in [0.25, 0.3) is 0 Å². The van der Waals surface area contributed by atoms with Crippen LogP contribution in [0.2, 0.25) is 0 Å². The number of nitrogens with two attached hydrogens (primary N) is 1. The lowest BCUT2D eigenvalue weighted by Crippen LogP contribution is -2.46. The molecular weight excluding hydrogens is 362 g/mol. The van der Waals surface area contributed by atoms with Gasteiger partial charge in [-0.2, -0.15) is 0 Å². The molecule has 0 radical (unpaired) electrons. The van der Waals surface area contributed by atoms with E-state index in [2.05, 4.69) is 10.6 Å². The average Bonchev–Trinajstić information content (AvgIpc) is 2.66. The monoisotopic (exact) mass is 383 g/mol. The third kappa shape index (κ3) is 6.24. The first-order chi connectivity index (χ1) is 13.4. The molecule has 0 heterocycles. The van der Waals surface area contributed by atoms with Gasteiger partial charge in [-0.3, -0.25) is 9.59 Å². The van der Waals surface area contributed by atoms with Gasteiger partial charge in [-0.25, -0.2) is 9.59 Å². The number of urea groups is 1. The summed E-state index contributed by atoms with van der Waals surface area (Å²) in [5.41, 5.74) is 6.58. The summed E-state index contributed by atoms with van der Waals surface area (Å²) in [6.45, 7) is 0.811. The van der Waals surface area contributed by atoms with Gasteiger partial charge in [0.15, 0.2) is 12.4 Å². The maximum absolute atomic E-state index is 12.3. The van der Waals surface area contributed by atoms with E-state index in [0.29, 0.717) is 11.3 Å². The van der Waals surface area contributed by atoms with Crippen LogP contribution in [0.15, 0.2) is 54.6 Å². The molecule has 1 atom stereocenters. The van der Waals surface area contributed by atoms with Crippen LogP contribution in [0.5, 0.6) is 0 Å². The zero-order valence-corrected chi connectivity index (χ0v) is 15.3. The molecule has 0 aliphatic carbocycles. The number of nitrogens with one attached hydrogen (secondary N) is 2. The number of hydrogen-bond acceptors (Lipinski definition) is 5. The molecule has 3 amide bonds. The lowest BCUT2D eigenvalue weighted by Gasteiger charge is -2.16. The largest absolute Gasteiger partial charge is 0.454 e. The lowest BCUT2D eigenvalue weighted by molar-refractivity contribution is -0.149. The van der Waals surface area contributed by atoms with E-state index in [1.54, 1.807) is 48.5 Å². The first kappa shape index (κ1) is 20.6. The number of primary amides is 1. The highest BCUT2D eigenvalue weighted by molar-refractivity contribution is 6.04. The molecule has 0 fully saturated rings. The Labute approximate surface area is 162 Å². The summed E-state index contributed by atoms with van der Waals surface area (Å²) >= 11 is 0. The van der Waals surface area contributed by atoms with E-state index in [-0.39, 0.29) is 12.2 Å². The van der Waals surface area contributed by atoms with Crippen molar-refractivity contribution in [3.8, 4) is 0 Å². The predicted molar refractivity (Wildman–Crippen MR) is 103 cm³/mol. The lowest BCUT2D eigenvalue weighted by atomic mass is 10.1. The highest BCUT2D eigenvalue weighted by Crippen LogP contribution is 2.15. The van der Waals surface area contributed by atoms with Crippen molar-refractivity contribution in [3.63, 3.8) is 0 Å². The Bertz CT molecular complexity index is 867. The number of ketones is 1. The Balaban J connectivity index is 1.97. The summed E-state index contributed by atoms with van der Waals surface area (Å²) in [6.07, 6.45) is 0.164. The van der Waals surface area contributed by atoms with Gasteiger partial charge in [0.1, 0.15) is 6.04 Å². The van der Waals surface area contributed by atoms with Gasteiger partial charge >= 0.3 is 12.0 Å². The minimum atomic E-state index is -1.03. The van der Waals surface area contributed by atoms with Gasteiger partial charge in [-0.15, -0.1) is 0 Å². The molecule has 8 nitrogen and oxygen atoms in total. The van der Waals surface area contributed by atoms with Crippen LogP contribution in [-0.4, -0.2) is 36.3 Å². The number of amides is 3. The summed E-state index contributed by atoms with van der Waals surface area (Å²) in [7, 11) is 0. The second-order valence-electron chi connectivity index (χ2n) is 6.01. The maximum atomic E-state index is 12.3. The van der Waals surface area contributed by atoms with Crippen molar-refractivity contribution >= 4 is 29.4 Å². The standard InChI is InChI=1S/C20H21N3O5/c1-13(24)15-9-5-6-10-16(15)22-18(25)12-28-19(26)17(23-20(21)27)11-14-7-3-2-4-8-14/h2-10,17H,11-12H2,1H3,(H,22,25)(H3,21,23,27)/t17-/m0/s1. The Morgan fingerprint density at radius 2 is 1.64 bits per heavy atom. The second-order valence-corrected chi connectivity index (χ2v) is 6.01. The number of benzene rings is 2. The van der Waals surface area contributed by atoms with Crippen molar-refractivity contribution in [2.75, 3.05) is 11.9 Å². The number of Topliss-reactive ketones (excluding diaryl/α,β-unsaturated/α-hetero) is 1. The Morgan fingerprint density at radius 1 is 1.00 bits per heavy atom. The number of anilines is 1. The minimum Gasteiger partial charge on any atom is -0.454 e. The highest BCUT2D eigenvalue weighted by Gasteiger charge is 2.23. The van der Waals surface area contributed by atoms with E-state index >= 15 is 0 Å². The Hall–Kier alpha value is -3.68. The molecule has 0 aliphatic rings. The molecule has 2 rings (SSSR count). The van der Waals surface area contributed by atoms with Gasteiger partial charge in [-0.1, -0.05) is 42.5 Å². The molecule has 0 saturated carbocycles. The van der Waals surface area contributed by atoms with E-state index < -0.39 is 30.6 Å². The number of carbonyl (C=O) groups is 4.